The van der Waals surface area contributed by atoms with Gasteiger partial charge in [0, 0.05) is 17.7 Å². The highest BCUT2D eigenvalue weighted by atomic mass is 19.1. The first-order chi connectivity index (χ1) is 15.1. The van der Waals surface area contributed by atoms with Gasteiger partial charge in [0.2, 0.25) is 5.91 Å². The van der Waals surface area contributed by atoms with Crippen molar-refractivity contribution in [3.05, 3.63) is 53.6 Å². The van der Waals surface area contributed by atoms with Crippen LogP contribution in [-0.2, 0) is 4.79 Å². The van der Waals surface area contributed by atoms with Gasteiger partial charge >= 0.3 is 0 Å². The van der Waals surface area contributed by atoms with E-state index in [1.54, 1.807) is 39.0 Å². The molecule has 7 nitrogen and oxygen atoms in total. The summed E-state index contributed by atoms with van der Waals surface area (Å²) in [6, 6.07) is 6.37. The van der Waals surface area contributed by atoms with E-state index in [-0.39, 0.29) is 23.8 Å². The minimum atomic E-state index is -0.829. The van der Waals surface area contributed by atoms with Gasteiger partial charge in [0.25, 0.3) is 5.91 Å². The maximum Gasteiger partial charge on any atom is 0.252 e. The zero-order valence-electron chi connectivity index (χ0n) is 18.7. The second-order valence-electron chi connectivity index (χ2n) is 7.59. The Morgan fingerprint density at radius 2 is 1.56 bits per heavy atom. The van der Waals surface area contributed by atoms with Crippen molar-refractivity contribution in [3.63, 3.8) is 0 Å². The Morgan fingerprint density at radius 1 is 0.938 bits per heavy atom. The summed E-state index contributed by atoms with van der Waals surface area (Å²) < 4.78 is 42.4. The lowest BCUT2D eigenvalue weighted by Crippen LogP contribution is -2.52. The first-order valence-corrected chi connectivity index (χ1v) is 10.1. The second kappa shape index (κ2) is 11.3. The van der Waals surface area contributed by atoms with Crippen molar-refractivity contribution in [2.75, 3.05) is 20.8 Å². The topological polar surface area (TPSA) is 85.9 Å². The average Bonchev–Trinajstić information content (AvgIpc) is 2.75. The maximum atomic E-state index is 13.7. The monoisotopic (exact) mass is 450 g/mol. The molecule has 0 heterocycles. The Hall–Kier alpha value is -3.36. The van der Waals surface area contributed by atoms with Crippen molar-refractivity contribution < 1.29 is 32.6 Å². The number of carbonyl (C=O) groups is 2. The van der Waals surface area contributed by atoms with Crippen LogP contribution in [0.1, 0.15) is 31.1 Å². The van der Waals surface area contributed by atoms with Crippen molar-refractivity contribution in [3.8, 4) is 17.2 Å². The van der Waals surface area contributed by atoms with Gasteiger partial charge < -0.3 is 24.8 Å². The minimum absolute atomic E-state index is 0.0415. The zero-order valence-corrected chi connectivity index (χ0v) is 18.7. The summed E-state index contributed by atoms with van der Waals surface area (Å²) in [5.74, 6) is -1.86. The number of benzene rings is 2. The van der Waals surface area contributed by atoms with Crippen LogP contribution in [0.5, 0.6) is 17.2 Å². The molecule has 0 spiro atoms. The van der Waals surface area contributed by atoms with Gasteiger partial charge in [-0.25, -0.2) is 8.78 Å². The smallest absolute Gasteiger partial charge is 0.252 e. The fourth-order valence-corrected chi connectivity index (χ4v) is 2.88. The van der Waals surface area contributed by atoms with Gasteiger partial charge in [-0.3, -0.25) is 9.59 Å². The first-order valence-electron chi connectivity index (χ1n) is 10.1. The summed E-state index contributed by atoms with van der Waals surface area (Å²) in [6.07, 6.45) is 0. The highest BCUT2D eigenvalue weighted by molar-refractivity contribution is 5.98. The van der Waals surface area contributed by atoms with E-state index in [9.17, 15) is 18.4 Å². The molecule has 174 valence electrons. The number of rotatable bonds is 10. The van der Waals surface area contributed by atoms with E-state index < -0.39 is 35.5 Å². The molecule has 2 aromatic rings. The molecule has 2 N–H and O–H groups in total. The Labute approximate surface area is 186 Å². The van der Waals surface area contributed by atoms with Crippen molar-refractivity contribution in [2.45, 2.75) is 32.9 Å². The molecule has 9 heteroatoms. The lowest BCUT2D eigenvalue weighted by atomic mass is 10.0. The summed E-state index contributed by atoms with van der Waals surface area (Å²) in [6.45, 7) is 5.23. The summed E-state index contributed by atoms with van der Waals surface area (Å²) in [7, 11) is 2.95. The fourth-order valence-electron chi connectivity index (χ4n) is 2.88. The predicted octanol–water partition coefficient (Wildman–Crippen LogP) is 3.32. The number of ether oxygens (including phenoxy) is 3. The van der Waals surface area contributed by atoms with E-state index in [4.69, 9.17) is 14.2 Å². The number of nitrogens with one attached hydrogen (secondary N) is 2. The lowest BCUT2D eigenvalue weighted by Gasteiger charge is -2.24. The summed E-state index contributed by atoms with van der Waals surface area (Å²) in [5, 5.41) is 5.46. The summed E-state index contributed by atoms with van der Waals surface area (Å²) in [5.41, 5.74) is 0.280. The highest BCUT2D eigenvalue weighted by Crippen LogP contribution is 2.23. The minimum Gasteiger partial charge on any atom is -0.497 e. The average molecular weight is 450 g/mol. The molecule has 0 aliphatic heterocycles. The third-order valence-corrected chi connectivity index (χ3v) is 4.62. The second-order valence-corrected chi connectivity index (χ2v) is 7.59. The van der Waals surface area contributed by atoms with Crippen LogP contribution in [0.2, 0.25) is 0 Å². The van der Waals surface area contributed by atoms with Gasteiger partial charge in [-0.1, -0.05) is 13.8 Å². The summed E-state index contributed by atoms with van der Waals surface area (Å²) >= 11 is 0. The Kier molecular flexibility index (Phi) is 8.80. The van der Waals surface area contributed by atoms with Gasteiger partial charge in [0.1, 0.15) is 30.0 Å². The standard InChI is InChI=1S/C23H28F2N2O5/c1-13(2)21(27-22(28)15-8-17(30-4)11-18(9-15)31-5)23(29)26-14(3)12-32-20-7-6-16(24)10-19(20)25/h6-11,13-14,21H,12H2,1-5H3,(H,26,29)(H,27,28). The molecule has 2 amide bonds. The SMILES string of the molecule is COc1cc(OC)cc(C(=O)NC(C(=O)NC(C)COc2ccc(F)cc2F)C(C)C)c1. The summed E-state index contributed by atoms with van der Waals surface area (Å²) in [4.78, 5) is 25.5. The quantitative estimate of drug-likeness (QED) is 0.580. The molecule has 32 heavy (non-hydrogen) atoms. The van der Waals surface area contributed by atoms with E-state index in [1.165, 1.54) is 20.3 Å². The van der Waals surface area contributed by atoms with Crippen LogP contribution < -0.4 is 24.8 Å². The molecule has 0 aliphatic rings. The number of hydrogen-bond acceptors (Lipinski definition) is 5. The normalized spacial score (nSPS) is 12.6. The van der Waals surface area contributed by atoms with Gasteiger partial charge in [-0.2, -0.15) is 0 Å². The molecule has 0 radical (unpaired) electrons. The highest BCUT2D eigenvalue weighted by Gasteiger charge is 2.26. The van der Waals surface area contributed by atoms with Gasteiger partial charge in [-0.05, 0) is 37.1 Å². The Morgan fingerprint density at radius 3 is 2.09 bits per heavy atom. The third-order valence-electron chi connectivity index (χ3n) is 4.62. The molecular formula is C23H28F2N2O5. The lowest BCUT2D eigenvalue weighted by molar-refractivity contribution is -0.124. The van der Waals surface area contributed by atoms with Crippen LogP contribution in [0.15, 0.2) is 36.4 Å². The molecule has 2 aromatic carbocycles. The third kappa shape index (κ3) is 6.83. The van der Waals surface area contributed by atoms with Crippen LogP contribution in [0, 0.1) is 17.6 Å². The molecular weight excluding hydrogens is 422 g/mol. The number of hydrogen-bond donors (Lipinski definition) is 2. The fraction of sp³-hybridized carbons (Fsp3) is 0.391. The number of halogens is 2. The van der Waals surface area contributed by atoms with E-state index in [0.29, 0.717) is 11.5 Å². The van der Waals surface area contributed by atoms with Crippen LogP contribution in [0.4, 0.5) is 8.78 Å². The van der Waals surface area contributed by atoms with E-state index >= 15 is 0 Å². The Balaban J connectivity index is 2.01. The number of carbonyl (C=O) groups excluding carboxylic acids is 2. The van der Waals surface area contributed by atoms with Crippen molar-refractivity contribution in [1.82, 2.24) is 10.6 Å². The maximum absolute atomic E-state index is 13.7. The molecule has 2 unspecified atom stereocenters. The van der Waals surface area contributed by atoms with Gasteiger partial charge in [0.15, 0.2) is 11.6 Å². The molecule has 0 fully saturated rings. The van der Waals surface area contributed by atoms with Crippen molar-refractivity contribution in [2.24, 2.45) is 5.92 Å². The van der Waals surface area contributed by atoms with E-state index in [1.807, 2.05) is 0 Å². The molecule has 2 atom stereocenters. The van der Waals surface area contributed by atoms with Crippen LogP contribution >= 0.6 is 0 Å². The molecule has 2 rings (SSSR count). The molecule has 0 bridgehead atoms. The number of methoxy groups -OCH3 is 2. The van der Waals surface area contributed by atoms with Crippen LogP contribution in [-0.4, -0.2) is 44.7 Å². The van der Waals surface area contributed by atoms with Gasteiger partial charge in [0.05, 0.1) is 20.3 Å². The molecule has 0 saturated heterocycles. The predicted molar refractivity (Wildman–Crippen MR) is 115 cm³/mol. The molecule has 0 aliphatic carbocycles. The molecule has 0 aromatic heterocycles. The van der Waals surface area contributed by atoms with Crippen molar-refractivity contribution >= 4 is 11.8 Å². The zero-order chi connectivity index (χ0) is 23.8. The van der Waals surface area contributed by atoms with Crippen LogP contribution in [0.25, 0.3) is 0 Å². The Bertz CT molecular complexity index is 930. The largest absolute Gasteiger partial charge is 0.497 e. The van der Waals surface area contributed by atoms with Gasteiger partial charge in [-0.15, -0.1) is 0 Å². The van der Waals surface area contributed by atoms with Crippen molar-refractivity contribution in [1.29, 1.82) is 0 Å². The van der Waals surface area contributed by atoms with E-state index in [0.717, 1.165) is 12.1 Å². The first kappa shape index (κ1) is 24.9. The number of amides is 2. The van der Waals surface area contributed by atoms with Crippen LogP contribution in [0.3, 0.4) is 0 Å². The molecule has 0 saturated carbocycles. The van der Waals surface area contributed by atoms with E-state index in [2.05, 4.69) is 10.6 Å².